The summed E-state index contributed by atoms with van der Waals surface area (Å²) in [5.74, 6) is 0. The number of anilines is 1. The van der Waals surface area contributed by atoms with Crippen molar-refractivity contribution in [3.63, 3.8) is 0 Å². The molecule has 0 spiro atoms. The number of benzene rings is 1. The average Bonchev–Trinajstić information content (AvgIpc) is 3.03. The molecule has 5 nitrogen and oxygen atoms in total. The van der Waals surface area contributed by atoms with E-state index < -0.39 is 10.0 Å². The van der Waals surface area contributed by atoms with Crippen molar-refractivity contribution in [1.82, 2.24) is 4.90 Å². The van der Waals surface area contributed by atoms with Crippen LogP contribution in [0.25, 0.3) is 0 Å². The SMILES string of the molecule is Cc1ccc(S(=O)(=O)Nc2ccc(C(C)N3CCOCC3)cc2)s1. The second-order valence-electron chi connectivity index (χ2n) is 5.92. The van der Waals surface area contributed by atoms with E-state index in [0.717, 1.165) is 31.2 Å². The number of rotatable bonds is 5. The first kappa shape index (κ1) is 17.4. The summed E-state index contributed by atoms with van der Waals surface area (Å²) in [5.41, 5.74) is 1.76. The van der Waals surface area contributed by atoms with Crippen molar-refractivity contribution in [1.29, 1.82) is 0 Å². The molecule has 0 bridgehead atoms. The molecule has 1 unspecified atom stereocenters. The molecule has 2 heterocycles. The van der Waals surface area contributed by atoms with Crippen LogP contribution in [0.1, 0.15) is 23.4 Å². The zero-order valence-corrected chi connectivity index (χ0v) is 15.5. The summed E-state index contributed by atoms with van der Waals surface area (Å²) in [5, 5.41) is 0. The standard InChI is InChI=1S/C17H22N2O3S2/c1-13-3-8-17(23-13)24(20,21)18-16-6-4-15(5-7-16)14(2)19-9-11-22-12-10-19/h3-8,14,18H,9-12H2,1-2H3. The summed E-state index contributed by atoms with van der Waals surface area (Å²) < 4.78 is 33.1. The van der Waals surface area contributed by atoms with Gasteiger partial charge in [-0.25, -0.2) is 8.42 Å². The highest BCUT2D eigenvalue weighted by molar-refractivity contribution is 7.94. The third-order valence-corrected chi connectivity index (χ3v) is 7.09. The maximum atomic E-state index is 12.4. The first-order valence-corrected chi connectivity index (χ1v) is 10.3. The fraction of sp³-hybridized carbons (Fsp3) is 0.412. The number of hydrogen-bond donors (Lipinski definition) is 1. The number of thiophene rings is 1. The molecule has 1 saturated heterocycles. The lowest BCUT2D eigenvalue weighted by Crippen LogP contribution is -2.37. The molecule has 1 fully saturated rings. The van der Waals surface area contributed by atoms with Gasteiger partial charge < -0.3 is 4.74 Å². The second kappa shape index (κ2) is 7.23. The fourth-order valence-electron chi connectivity index (χ4n) is 2.77. The lowest BCUT2D eigenvalue weighted by Gasteiger charge is -2.32. The molecule has 1 aromatic heterocycles. The molecule has 2 aromatic rings. The Balaban J connectivity index is 1.70. The van der Waals surface area contributed by atoms with E-state index in [4.69, 9.17) is 4.74 Å². The maximum absolute atomic E-state index is 12.4. The Morgan fingerprint density at radius 3 is 2.38 bits per heavy atom. The number of morpholine rings is 1. The molecule has 130 valence electrons. The monoisotopic (exact) mass is 366 g/mol. The molecule has 1 atom stereocenters. The van der Waals surface area contributed by atoms with Crippen LogP contribution in [0.3, 0.4) is 0 Å². The summed E-state index contributed by atoms with van der Waals surface area (Å²) in [6, 6.07) is 11.4. The molecule has 1 aliphatic heterocycles. The Labute approximate surface area is 147 Å². The highest BCUT2D eigenvalue weighted by Gasteiger charge is 2.19. The average molecular weight is 367 g/mol. The van der Waals surface area contributed by atoms with E-state index in [2.05, 4.69) is 16.5 Å². The minimum Gasteiger partial charge on any atom is -0.379 e. The third-order valence-electron chi connectivity index (χ3n) is 4.22. The molecule has 0 amide bonds. The fourth-order valence-corrected chi connectivity index (χ4v) is 5.11. The summed E-state index contributed by atoms with van der Waals surface area (Å²) in [6.45, 7) is 7.44. The molecule has 1 aromatic carbocycles. The van der Waals surface area contributed by atoms with E-state index in [-0.39, 0.29) is 0 Å². The van der Waals surface area contributed by atoms with Crippen molar-refractivity contribution >= 4 is 27.0 Å². The zero-order valence-electron chi connectivity index (χ0n) is 13.9. The van der Waals surface area contributed by atoms with Gasteiger partial charge in [0.05, 0.1) is 13.2 Å². The molecular formula is C17H22N2O3S2. The Hall–Kier alpha value is -1.41. The van der Waals surface area contributed by atoms with Crippen molar-refractivity contribution < 1.29 is 13.2 Å². The Morgan fingerprint density at radius 1 is 1.12 bits per heavy atom. The van der Waals surface area contributed by atoms with Gasteiger partial charge in [-0.2, -0.15) is 0 Å². The Bertz CT molecular complexity index is 778. The number of sulfonamides is 1. The van der Waals surface area contributed by atoms with Crippen molar-refractivity contribution in [2.24, 2.45) is 0 Å². The van der Waals surface area contributed by atoms with Crippen LogP contribution >= 0.6 is 11.3 Å². The van der Waals surface area contributed by atoms with E-state index in [1.165, 1.54) is 16.9 Å². The predicted octanol–water partition coefficient (Wildman–Crippen LogP) is 3.25. The van der Waals surface area contributed by atoms with Crippen LogP contribution in [0, 0.1) is 6.92 Å². The number of nitrogens with zero attached hydrogens (tertiary/aromatic N) is 1. The first-order chi connectivity index (χ1) is 11.5. The molecule has 3 rings (SSSR count). The summed E-state index contributed by atoms with van der Waals surface area (Å²) in [7, 11) is -3.50. The van der Waals surface area contributed by atoms with Crippen LogP contribution < -0.4 is 4.72 Å². The molecular weight excluding hydrogens is 344 g/mol. The number of aryl methyl sites for hydroxylation is 1. The lowest BCUT2D eigenvalue weighted by molar-refractivity contribution is 0.0198. The Kier molecular flexibility index (Phi) is 5.24. The van der Waals surface area contributed by atoms with E-state index in [1.807, 2.05) is 37.3 Å². The molecule has 7 heteroatoms. The van der Waals surface area contributed by atoms with Gasteiger partial charge in [0, 0.05) is 29.7 Å². The van der Waals surface area contributed by atoms with Crippen LogP contribution in [0.2, 0.25) is 0 Å². The highest BCUT2D eigenvalue weighted by Crippen LogP contribution is 2.26. The van der Waals surface area contributed by atoms with Crippen molar-refractivity contribution in [2.45, 2.75) is 24.1 Å². The molecule has 24 heavy (non-hydrogen) atoms. The van der Waals surface area contributed by atoms with Gasteiger partial charge >= 0.3 is 0 Å². The van der Waals surface area contributed by atoms with Gasteiger partial charge in [0.15, 0.2) is 0 Å². The summed E-state index contributed by atoms with van der Waals surface area (Å²) in [4.78, 5) is 3.35. The minimum absolute atomic E-state index is 0.291. The number of ether oxygens (including phenoxy) is 1. The molecule has 1 N–H and O–H groups in total. The largest absolute Gasteiger partial charge is 0.379 e. The van der Waals surface area contributed by atoms with Crippen molar-refractivity contribution in [3.8, 4) is 0 Å². The Morgan fingerprint density at radius 2 is 1.79 bits per heavy atom. The topological polar surface area (TPSA) is 58.6 Å². The normalized spacial score (nSPS) is 17.6. The highest BCUT2D eigenvalue weighted by atomic mass is 32.2. The molecule has 0 aliphatic carbocycles. The van der Waals surface area contributed by atoms with E-state index in [1.54, 1.807) is 6.07 Å². The van der Waals surface area contributed by atoms with Gasteiger partial charge in [0.25, 0.3) is 10.0 Å². The number of nitrogens with one attached hydrogen (secondary N) is 1. The van der Waals surface area contributed by atoms with Crippen molar-refractivity contribution in [2.75, 3.05) is 31.0 Å². The minimum atomic E-state index is -3.50. The summed E-state index contributed by atoms with van der Waals surface area (Å²) in [6.07, 6.45) is 0. The quantitative estimate of drug-likeness (QED) is 0.882. The van der Waals surface area contributed by atoms with Crippen LogP contribution in [0.4, 0.5) is 5.69 Å². The number of hydrogen-bond acceptors (Lipinski definition) is 5. The smallest absolute Gasteiger partial charge is 0.271 e. The van der Waals surface area contributed by atoms with Gasteiger partial charge in [-0.3, -0.25) is 9.62 Å². The first-order valence-electron chi connectivity index (χ1n) is 7.97. The van der Waals surface area contributed by atoms with E-state index in [9.17, 15) is 8.42 Å². The molecule has 0 radical (unpaired) electrons. The van der Waals surface area contributed by atoms with Crippen molar-refractivity contribution in [3.05, 3.63) is 46.8 Å². The molecule has 0 saturated carbocycles. The lowest BCUT2D eigenvalue weighted by atomic mass is 10.1. The van der Waals surface area contributed by atoms with Gasteiger partial charge in [-0.15, -0.1) is 11.3 Å². The van der Waals surface area contributed by atoms with Crippen LogP contribution in [-0.4, -0.2) is 39.6 Å². The van der Waals surface area contributed by atoms with Gasteiger partial charge in [0.1, 0.15) is 4.21 Å². The van der Waals surface area contributed by atoms with Gasteiger partial charge in [-0.05, 0) is 43.7 Å². The van der Waals surface area contributed by atoms with Gasteiger partial charge in [0.2, 0.25) is 0 Å². The maximum Gasteiger partial charge on any atom is 0.271 e. The predicted molar refractivity (Wildman–Crippen MR) is 97.1 cm³/mol. The second-order valence-corrected chi connectivity index (χ2v) is 9.11. The molecule has 1 aliphatic rings. The van der Waals surface area contributed by atoms with Crippen LogP contribution in [-0.2, 0) is 14.8 Å². The van der Waals surface area contributed by atoms with Crippen LogP contribution in [0.5, 0.6) is 0 Å². The third kappa shape index (κ3) is 3.97. The van der Waals surface area contributed by atoms with Crippen LogP contribution in [0.15, 0.2) is 40.6 Å². The van der Waals surface area contributed by atoms with Gasteiger partial charge in [-0.1, -0.05) is 12.1 Å². The van der Waals surface area contributed by atoms with E-state index in [0.29, 0.717) is 15.9 Å². The van der Waals surface area contributed by atoms with E-state index >= 15 is 0 Å². The summed E-state index contributed by atoms with van der Waals surface area (Å²) >= 11 is 1.27. The zero-order chi connectivity index (χ0) is 17.2.